The number of rotatable bonds is 10. The van der Waals surface area contributed by atoms with Crippen molar-refractivity contribution in [3.63, 3.8) is 0 Å². The minimum absolute atomic E-state index is 1.20. The molecule has 1 aromatic rings. The van der Waals surface area contributed by atoms with Gasteiger partial charge in [0.1, 0.15) is 0 Å². The number of aryl methyl sites for hydroxylation is 1. The summed E-state index contributed by atoms with van der Waals surface area (Å²) in [4.78, 5) is 4.14. The highest BCUT2D eigenvalue weighted by Crippen LogP contribution is 2.11. The third kappa shape index (κ3) is 7.95. The molecule has 0 spiro atoms. The van der Waals surface area contributed by atoms with E-state index in [0.29, 0.717) is 0 Å². The van der Waals surface area contributed by atoms with Crippen LogP contribution < -0.4 is 0 Å². The lowest BCUT2D eigenvalue weighted by Gasteiger charge is -2.02. The highest BCUT2D eigenvalue weighted by molar-refractivity contribution is 5.08. The average Bonchev–Trinajstić information content (AvgIpc) is 2.38. The zero-order valence-electron chi connectivity index (χ0n) is 11.3. The van der Waals surface area contributed by atoms with Crippen LogP contribution in [-0.2, 0) is 6.42 Å². The summed E-state index contributed by atoms with van der Waals surface area (Å²) in [6, 6.07) is 4.21. The lowest BCUT2D eigenvalue weighted by molar-refractivity contribution is 0.564. The molecule has 0 radical (unpaired) electrons. The molecule has 0 saturated carbocycles. The molecule has 1 rings (SSSR count). The van der Waals surface area contributed by atoms with E-state index in [1.165, 1.54) is 69.8 Å². The molecule has 0 aliphatic carbocycles. The first-order valence-electron chi connectivity index (χ1n) is 7.32. The highest BCUT2D eigenvalue weighted by Gasteiger charge is 1.94. The molecular weight excluding hydrogens is 206 g/mol. The monoisotopic (exact) mass is 233 g/mol. The quantitative estimate of drug-likeness (QED) is 0.509. The molecule has 1 heterocycles. The van der Waals surface area contributed by atoms with E-state index in [4.69, 9.17) is 0 Å². The van der Waals surface area contributed by atoms with Crippen molar-refractivity contribution in [2.24, 2.45) is 0 Å². The van der Waals surface area contributed by atoms with Gasteiger partial charge in [-0.05, 0) is 24.5 Å². The van der Waals surface area contributed by atoms with Crippen LogP contribution in [-0.4, -0.2) is 4.98 Å². The largest absolute Gasteiger partial charge is 0.264 e. The summed E-state index contributed by atoms with van der Waals surface area (Å²) in [5.41, 5.74) is 1.38. The van der Waals surface area contributed by atoms with Gasteiger partial charge in [0.25, 0.3) is 0 Å². The average molecular weight is 233 g/mol. The maximum absolute atomic E-state index is 4.14. The maximum Gasteiger partial charge on any atom is 0.0299 e. The van der Waals surface area contributed by atoms with Crippen molar-refractivity contribution in [3.8, 4) is 0 Å². The van der Waals surface area contributed by atoms with Crippen LogP contribution in [0.25, 0.3) is 0 Å². The van der Waals surface area contributed by atoms with E-state index >= 15 is 0 Å². The van der Waals surface area contributed by atoms with Crippen LogP contribution in [0.3, 0.4) is 0 Å². The Balaban J connectivity index is 1.85. The van der Waals surface area contributed by atoms with Crippen LogP contribution in [0.1, 0.15) is 70.3 Å². The Kier molecular flexibility index (Phi) is 8.62. The number of hydrogen-bond acceptors (Lipinski definition) is 1. The van der Waals surface area contributed by atoms with E-state index in [0.717, 1.165) is 0 Å². The first-order valence-corrected chi connectivity index (χ1v) is 7.32. The molecule has 96 valence electrons. The van der Waals surface area contributed by atoms with Gasteiger partial charge in [-0.3, -0.25) is 4.98 Å². The van der Waals surface area contributed by atoms with Crippen LogP contribution in [0.15, 0.2) is 24.5 Å². The van der Waals surface area contributed by atoms with E-state index in [-0.39, 0.29) is 0 Å². The molecule has 0 unspecified atom stereocenters. The summed E-state index contributed by atoms with van der Waals surface area (Å²) in [5.74, 6) is 0. The van der Waals surface area contributed by atoms with Crippen molar-refractivity contribution < 1.29 is 0 Å². The van der Waals surface area contributed by atoms with Crippen LogP contribution in [0.5, 0.6) is 0 Å². The summed E-state index contributed by atoms with van der Waals surface area (Å²) >= 11 is 0. The smallest absolute Gasteiger partial charge is 0.0299 e. The highest BCUT2D eigenvalue weighted by atomic mass is 14.6. The Labute approximate surface area is 107 Å². The fourth-order valence-electron chi connectivity index (χ4n) is 2.19. The number of unbranched alkanes of at least 4 members (excludes halogenated alkanes) is 8. The number of pyridine rings is 1. The Bertz CT molecular complexity index is 255. The molecule has 0 saturated heterocycles. The van der Waals surface area contributed by atoms with Crippen molar-refractivity contribution in [2.45, 2.75) is 71.1 Å². The number of hydrogen-bond donors (Lipinski definition) is 0. The van der Waals surface area contributed by atoms with E-state index in [1.54, 1.807) is 0 Å². The molecule has 1 aromatic heterocycles. The predicted molar refractivity (Wildman–Crippen MR) is 75.2 cm³/mol. The molecule has 17 heavy (non-hydrogen) atoms. The summed E-state index contributed by atoms with van der Waals surface area (Å²) in [6.07, 6.45) is 17.7. The molecule has 0 amide bonds. The maximum atomic E-state index is 4.14. The van der Waals surface area contributed by atoms with Crippen LogP contribution in [0, 0.1) is 0 Å². The molecule has 0 aromatic carbocycles. The van der Waals surface area contributed by atoms with Crippen LogP contribution in [0.2, 0.25) is 0 Å². The van der Waals surface area contributed by atoms with Gasteiger partial charge in [-0.1, -0.05) is 64.4 Å². The molecule has 0 aliphatic rings. The standard InChI is InChI=1S/C16H27N/c1-2-3-4-5-6-7-8-9-10-12-16-13-11-14-17-15-16/h11,13-15H,2-10,12H2,1H3. The zero-order chi connectivity index (χ0) is 12.2. The van der Waals surface area contributed by atoms with Crippen molar-refractivity contribution in [3.05, 3.63) is 30.1 Å². The Morgan fingerprint density at radius 2 is 1.53 bits per heavy atom. The molecular formula is C16H27N. The summed E-state index contributed by atoms with van der Waals surface area (Å²) in [7, 11) is 0. The first-order chi connectivity index (χ1) is 8.43. The Morgan fingerprint density at radius 3 is 2.12 bits per heavy atom. The SMILES string of the molecule is CCCCCCCCCCCc1cccnc1. The second kappa shape index (κ2) is 10.3. The molecule has 0 atom stereocenters. The topological polar surface area (TPSA) is 12.9 Å². The van der Waals surface area contributed by atoms with Crippen LogP contribution >= 0.6 is 0 Å². The van der Waals surface area contributed by atoms with Crippen LogP contribution in [0.4, 0.5) is 0 Å². The van der Waals surface area contributed by atoms with Crippen molar-refractivity contribution in [1.82, 2.24) is 4.98 Å². The molecule has 0 N–H and O–H groups in total. The zero-order valence-corrected chi connectivity index (χ0v) is 11.3. The fourth-order valence-corrected chi connectivity index (χ4v) is 2.19. The lowest BCUT2D eigenvalue weighted by atomic mass is 10.0. The van der Waals surface area contributed by atoms with E-state index in [9.17, 15) is 0 Å². The van der Waals surface area contributed by atoms with Gasteiger partial charge in [-0.25, -0.2) is 0 Å². The summed E-state index contributed by atoms with van der Waals surface area (Å²) in [6.45, 7) is 2.28. The van der Waals surface area contributed by atoms with Crippen molar-refractivity contribution in [1.29, 1.82) is 0 Å². The van der Waals surface area contributed by atoms with Gasteiger partial charge in [0, 0.05) is 12.4 Å². The summed E-state index contributed by atoms with van der Waals surface area (Å²) in [5, 5.41) is 0. The Morgan fingerprint density at radius 1 is 0.882 bits per heavy atom. The van der Waals surface area contributed by atoms with Gasteiger partial charge in [0.2, 0.25) is 0 Å². The van der Waals surface area contributed by atoms with E-state index in [2.05, 4.69) is 18.0 Å². The van der Waals surface area contributed by atoms with Gasteiger partial charge in [-0.2, -0.15) is 0 Å². The summed E-state index contributed by atoms with van der Waals surface area (Å²) < 4.78 is 0. The lowest BCUT2D eigenvalue weighted by Crippen LogP contribution is -1.87. The van der Waals surface area contributed by atoms with E-state index < -0.39 is 0 Å². The molecule has 0 aliphatic heterocycles. The fraction of sp³-hybridized carbons (Fsp3) is 0.688. The first kappa shape index (κ1) is 14.2. The normalized spacial score (nSPS) is 10.6. The molecule has 0 bridgehead atoms. The minimum atomic E-state index is 1.20. The molecule has 1 heteroatoms. The Hall–Kier alpha value is -0.850. The number of aromatic nitrogens is 1. The number of nitrogens with zero attached hydrogens (tertiary/aromatic N) is 1. The molecule has 0 fully saturated rings. The predicted octanol–water partition coefficient (Wildman–Crippen LogP) is 5.15. The molecule has 1 nitrogen and oxygen atoms in total. The van der Waals surface area contributed by atoms with Gasteiger partial charge in [-0.15, -0.1) is 0 Å². The van der Waals surface area contributed by atoms with Gasteiger partial charge in [0.05, 0.1) is 0 Å². The van der Waals surface area contributed by atoms with Crippen molar-refractivity contribution in [2.75, 3.05) is 0 Å². The minimum Gasteiger partial charge on any atom is -0.264 e. The van der Waals surface area contributed by atoms with E-state index in [1.807, 2.05) is 18.5 Å². The van der Waals surface area contributed by atoms with Gasteiger partial charge < -0.3 is 0 Å². The second-order valence-corrected chi connectivity index (χ2v) is 4.94. The van der Waals surface area contributed by atoms with Crippen molar-refractivity contribution >= 4 is 0 Å². The van der Waals surface area contributed by atoms with Gasteiger partial charge in [0.15, 0.2) is 0 Å². The third-order valence-electron chi connectivity index (χ3n) is 3.29. The second-order valence-electron chi connectivity index (χ2n) is 4.94. The third-order valence-corrected chi connectivity index (χ3v) is 3.29. The van der Waals surface area contributed by atoms with Gasteiger partial charge >= 0.3 is 0 Å².